The van der Waals surface area contributed by atoms with Gasteiger partial charge in [-0.1, -0.05) is 6.07 Å². The van der Waals surface area contributed by atoms with Gasteiger partial charge in [0.15, 0.2) is 0 Å². The van der Waals surface area contributed by atoms with Crippen LogP contribution >= 0.6 is 11.3 Å². The molecule has 0 atom stereocenters. The lowest BCUT2D eigenvalue weighted by molar-refractivity contribution is 0.0729. The number of rotatable bonds is 3. The predicted octanol–water partition coefficient (Wildman–Crippen LogP) is 4.92. The molecule has 27 heavy (non-hydrogen) atoms. The van der Waals surface area contributed by atoms with Crippen LogP contribution in [-0.4, -0.2) is 29.8 Å². The average Bonchev–Trinajstić information content (AvgIpc) is 3.11. The normalized spacial score (nSPS) is 14.3. The van der Waals surface area contributed by atoms with Gasteiger partial charge in [0.2, 0.25) is 0 Å². The van der Waals surface area contributed by atoms with Crippen LogP contribution in [0.2, 0.25) is 0 Å². The van der Waals surface area contributed by atoms with Gasteiger partial charge in [0, 0.05) is 29.0 Å². The third kappa shape index (κ3) is 3.85. The van der Waals surface area contributed by atoms with E-state index in [1.54, 1.807) is 12.1 Å². The highest BCUT2D eigenvalue weighted by molar-refractivity contribution is 7.20. The number of carbonyl (C=O) groups excluding carboxylic acids is 2. The smallest absolute Gasteiger partial charge is 0.263 e. The van der Waals surface area contributed by atoms with Crippen molar-refractivity contribution < 1.29 is 14.0 Å². The standard InChI is InChI=1S/C21H19FN2O2S/c22-16-6-4-5-14(11-16)20(25)23-17-7-8-18-15(12-17)13-19(27-18)21(26)24-9-2-1-3-10-24/h4-8,11-13H,1-3,9-10H2,(H,23,25). The number of halogens is 1. The Balaban J connectivity index is 1.54. The molecule has 0 spiro atoms. The summed E-state index contributed by atoms with van der Waals surface area (Å²) in [6, 6.07) is 13.0. The van der Waals surface area contributed by atoms with Gasteiger partial charge in [-0.3, -0.25) is 9.59 Å². The Kier molecular flexibility index (Phi) is 4.90. The van der Waals surface area contributed by atoms with E-state index in [0.29, 0.717) is 5.69 Å². The summed E-state index contributed by atoms with van der Waals surface area (Å²) in [6.07, 6.45) is 3.31. The molecule has 0 unspecified atom stereocenters. The SMILES string of the molecule is O=C(Nc1ccc2sc(C(=O)N3CCCCC3)cc2c1)c1cccc(F)c1. The Morgan fingerprint density at radius 3 is 2.59 bits per heavy atom. The van der Waals surface area contributed by atoms with Crippen molar-refractivity contribution in [2.75, 3.05) is 18.4 Å². The fourth-order valence-corrected chi connectivity index (χ4v) is 4.32. The van der Waals surface area contributed by atoms with Crippen LogP contribution in [-0.2, 0) is 0 Å². The van der Waals surface area contributed by atoms with E-state index in [2.05, 4.69) is 5.32 Å². The first-order valence-electron chi connectivity index (χ1n) is 9.00. The van der Waals surface area contributed by atoms with Gasteiger partial charge in [-0.15, -0.1) is 11.3 Å². The number of carbonyl (C=O) groups is 2. The maximum absolute atomic E-state index is 13.3. The van der Waals surface area contributed by atoms with Gasteiger partial charge in [0.25, 0.3) is 11.8 Å². The molecule has 3 aromatic rings. The minimum absolute atomic E-state index is 0.0845. The third-order valence-electron chi connectivity index (χ3n) is 4.72. The highest BCUT2D eigenvalue weighted by Gasteiger charge is 2.20. The summed E-state index contributed by atoms with van der Waals surface area (Å²) in [6.45, 7) is 1.64. The summed E-state index contributed by atoms with van der Waals surface area (Å²) >= 11 is 1.47. The van der Waals surface area contributed by atoms with E-state index >= 15 is 0 Å². The molecule has 4 nitrogen and oxygen atoms in total. The molecule has 4 rings (SSSR count). The van der Waals surface area contributed by atoms with Crippen molar-refractivity contribution in [2.24, 2.45) is 0 Å². The van der Waals surface area contributed by atoms with E-state index in [1.807, 2.05) is 23.1 Å². The molecule has 2 heterocycles. The van der Waals surface area contributed by atoms with Crippen molar-refractivity contribution in [3.05, 3.63) is 64.8 Å². The van der Waals surface area contributed by atoms with Crippen LogP contribution in [0, 0.1) is 5.82 Å². The minimum Gasteiger partial charge on any atom is -0.338 e. The minimum atomic E-state index is -0.447. The van der Waals surface area contributed by atoms with Gasteiger partial charge >= 0.3 is 0 Å². The number of amides is 2. The number of anilines is 1. The van der Waals surface area contributed by atoms with Gasteiger partial charge < -0.3 is 10.2 Å². The second kappa shape index (κ2) is 7.48. The van der Waals surface area contributed by atoms with Gasteiger partial charge in [-0.05, 0) is 67.1 Å². The number of benzene rings is 2. The lowest BCUT2D eigenvalue weighted by Crippen LogP contribution is -2.35. The van der Waals surface area contributed by atoms with E-state index < -0.39 is 5.82 Å². The molecule has 138 valence electrons. The van der Waals surface area contributed by atoms with E-state index in [0.717, 1.165) is 40.9 Å². The maximum atomic E-state index is 13.3. The zero-order chi connectivity index (χ0) is 18.8. The van der Waals surface area contributed by atoms with Crippen LogP contribution in [0.4, 0.5) is 10.1 Å². The highest BCUT2D eigenvalue weighted by atomic mass is 32.1. The molecule has 6 heteroatoms. The van der Waals surface area contributed by atoms with Gasteiger partial charge in [0.1, 0.15) is 5.82 Å². The second-order valence-electron chi connectivity index (χ2n) is 6.68. The average molecular weight is 382 g/mol. The number of thiophene rings is 1. The number of hydrogen-bond acceptors (Lipinski definition) is 3. The number of hydrogen-bond donors (Lipinski definition) is 1. The third-order valence-corrected chi connectivity index (χ3v) is 5.82. The first kappa shape index (κ1) is 17.7. The van der Waals surface area contributed by atoms with Crippen LogP contribution < -0.4 is 5.32 Å². The molecule has 1 N–H and O–H groups in total. The zero-order valence-corrected chi connectivity index (χ0v) is 15.5. The van der Waals surface area contributed by atoms with Crippen molar-refractivity contribution >= 4 is 38.9 Å². The lowest BCUT2D eigenvalue weighted by Gasteiger charge is -2.26. The number of piperidine rings is 1. The number of fused-ring (bicyclic) bond motifs is 1. The Hall–Kier alpha value is -2.73. The van der Waals surface area contributed by atoms with Crippen LogP contribution in [0.1, 0.15) is 39.3 Å². The van der Waals surface area contributed by atoms with Crippen LogP contribution in [0.3, 0.4) is 0 Å². The summed E-state index contributed by atoms with van der Waals surface area (Å²) in [7, 11) is 0. The van der Waals surface area contributed by atoms with Crippen LogP contribution in [0.5, 0.6) is 0 Å². The topological polar surface area (TPSA) is 49.4 Å². The largest absolute Gasteiger partial charge is 0.338 e. The van der Waals surface area contributed by atoms with Crippen LogP contribution in [0.25, 0.3) is 10.1 Å². The van der Waals surface area contributed by atoms with E-state index in [4.69, 9.17) is 0 Å². The quantitative estimate of drug-likeness (QED) is 0.699. The van der Waals surface area contributed by atoms with Crippen molar-refractivity contribution in [3.63, 3.8) is 0 Å². The maximum Gasteiger partial charge on any atom is 0.263 e. The lowest BCUT2D eigenvalue weighted by atomic mass is 10.1. The molecular formula is C21H19FN2O2S. The second-order valence-corrected chi connectivity index (χ2v) is 7.76. The first-order valence-corrected chi connectivity index (χ1v) is 9.81. The summed E-state index contributed by atoms with van der Waals surface area (Å²) in [5.74, 6) is -0.730. The Morgan fingerprint density at radius 1 is 1.00 bits per heavy atom. The molecule has 0 saturated carbocycles. The molecular weight excluding hydrogens is 363 g/mol. The van der Waals surface area contributed by atoms with E-state index in [-0.39, 0.29) is 17.4 Å². The number of nitrogens with zero attached hydrogens (tertiary/aromatic N) is 1. The molecule has 1 saturated heterocycles. The molecule has 0 aliphatic carbocycles. The molecule has 1 aliphatic rings. The Bertz CT molecular complexity index is 1010. The molecule has 1 aromatic heterocycles. The number of likely N-dealkylation sites (tertiary alicyclic amines) is 1. The molecule has 2 amide bonds. The van der Waals surface area contributed by atoms with Crippen molar-refractivity contribution in [3.8, 4) is 0 Å². The van der Waals surface area contributed by atoms with Crippen LogP contribution in [0.15, 0.2) is 48.5 Å². The summed E-state index contributed by atoms with van der Waals surface area (Å²) in [4.78, 5) is 27.6. The summed E-state index contributed by atoms with van der Waals surface area (Å²) in [5, 5.41) is 3.70. The predicted molar refractivity (Wildman–Crippen MR) is 106 cm³/mol. The van der Waals surface area contributed by atoms with Crippen molar-refractivity contribution in [1.29, 1.82) is 0 Å². The molecule has 1 fully saturated rings. The van der Waals surface area contributed by atoms with Crippen molar-refractivity contribution in [2.45, 2.75) is 19.3 Å². The fourth-order valence-electron chi connectivity index (χ4n) is 3.31. The van der Waals surface area contributed by atoms with Gasteiger partial charge in [-0.25, -0.2) is 4.39 Å². The zero-order valence-electron chi connectivity index (χ0n) is 14.7. The number of nitrogens with one attached hydrogen (secondary N) is 1. The fraction of sp³-hybridized carbons (Fsp3) is 0.238. The molecule has 1 aliphatic heterocycles. The molecule has 0 radical (unpaired) electrons. The van der Waals surface area contributed by atoms with E-state index in [9.17, 15) is 14.0 Å². The van der Waals surface area contributed by atoms with Gasteiger partial charge in [-0.2, -0.15) is 0 Å². The van der Waals surface area contributed by atoms with Crippen molar-refractivity contribution in [1.82, 2.24) is 4.90 Å². The summed E-state index contributed by atoms with van der Waals surface area (Å²) in [5.41, 5.74) is 0.882. The van der Waals surface area contributed by atoms with Gasteiger partial charge in [0.05, 0.1) is 4.88 Å². The first-order chi connectivity index (χ1) is 13.1. The molecule has 2 aromatic carbocycles. The Morgan fingerprint density at radius 2 is 1.81 bits per heavy atom. The highest BCUT2D eigenvalue weighted by Crippen LogP contribution is 2.30. The summed E-state index contributed by atoms with van der Waals surface area (Å²) < 4.78 is 14.3. The Labute approximate surface area is 160 Å². The molecule has 0 bridgehead atoms. The monoisotopic (exact) mass is 382 g/mol. The van der Waals surface area contributed by atoms with E-state index in [1.165, 1.54) is 36.0 Å².